The van der Waals surface area contributed by atoms with E-state index >= 15 is 0 Å². The highest BCUT2D eigenvalue weighted by Gasteiger charge is 2.20. The minimum atomic E-state index is -1.10. The fraction of sp³-hybridized carbons (Fsp3) is 0.267. The molecule has 0 saturated heterocycles. The number of hydrogen-bond acceptors (Lipinski definition) is 4. The zero-order valence-electron chi connectivity index (χ0n) is 11.6. The molecule has 2 rings (SSSR count). The van der Waals surface area contributed by atoms with Gasteiger partial charge in [-0.15, -0.1) is 0 Å². The standard InChI is InChI=1S/C15H16N2O4/c1-21-9-14(18)17-13(15(19)20)8-11-7-6-10-4-2-3-5-12(10)16-11/h2-7,13H,8-9H2,1H3,(H,17,18)(H,19,20)/t13-/m1/s1. The van der Waals surface area contributed by atoms with Crippen molar-refractivity contribution in [2.75, 3.05) is 13.7 Å². The molecule has 1 heterocycles. The Balaban J connectivity index is 2.14. The number of aromatic nitrogens is 1. The van der Waals surface area contributed by atoms with Crippen LogP contribution >= 0.6 is 0 Å². The van der Waals surface area contributed by atoms with Crippen LogP contribution < -0.4 is 5.32 Å². The van der Waals surface area contributed by atoms with E-state index < -0.39 is 17.9 Å². The molecule has 1 aromatic heterocycles. The monoisotopic (exact) mass is 288 g/mol. The Morgan fingerprint density at radius 2 is 2.05 bits per heavy atom. The normalized spacial score (nSPS) is 12.0. The number of carbonyl (C=O) groups is 2. The molecular formula is C15H16N2O4. The van der Waals surface area contributed by atoms with E-state index in [4.69, 9.17) is 0 Å². The molecule has 1 amide bonds. The maximum absolute atomic E-state index is 11.4. The van der Waals surface area contributed by atoms with Crippen LogP contribution in [-0.2, 0) is 20.7 Å². The van der Waals surface area contributed by atoms with Gasteiger partial charge in [-0.2, -0.15) is 0 Å². The molecule has 0 unspecified atom stereocenters. The maximum atomic E-state index is 11.4. The Bertz CT molecular complexity index is 657. The van der Waals surface area contributed by atoms with Crippen LogP contribution in [0.15, 0.2) is 36.4 Å². The summed E-state index contributed by atoms with van der Waals surface area (Å²) in [6.45, 7) is -0.172. The van der Waals surface area contributed by atoms with Gasteiger partial charge < -0.3 is 15.2 Å². The lowest BCUT2D eigenvalue weighted by Gasteiger charge is -2.14. The number of rotatable bonds is 6. The highest BCUT2D eigenvalue weighted by Crippen LogP contribution is 2.12. The number of ether oxygens (including phenoxy) is 1. The Hall–Kier alpha value is -2.47. The number of para-hydroxylation sites is 1. The third-order valence-electron chi connectivity index (χ3n) is 2.98. The van der Waals surface area contributed by atoms with Crippen LogP contribution in [0.25, 0.3) is 10.9 Å². The Labute approximate surface area is 121 Å². The first kappa shape index (κ1) is 14.9. The summed E-state index contributed by atoms with van der Waals surface area (Å²) in [5.74, 6) is -1.57. The molecule has 0 aliphatic heterocycles. The van der Waals surface area contributed by atoms with Crippen LogP contribution in [-0.4, -0.2) is 41.7 Å². The van der Waals surface area contributed by atoms with E-state index in [-0.39, 0.29) is 13.0 Å². The first-order chi connectivity index (χ1) is 10.1. The molecule has 0 bridgehead atoms. The molecule has 6 nitrogen and oxygen atoms in total. The minimum absolute atomic E-state index is 0.121. The minimum Gasteiger partial charge on any atom is -0.480 e. The van der Waals surface area contributed by atoms with E-state index in [1.54, 1.807) is 6.07 Å². The number of nitrogens with zero attached hydrogens (tertiary/aromatic N) is 1. The third kappa shape index (κ3) is 4.00. The molecule has 110 valence electrons. The first-order valence-corrected chi connectivity index (χ1v) is 6.46. The van der Waals surface area contributed by atoms with Gasteiger partial charge in [-0.25, -0.2) is 4.79 Å². The summed E-state index contributed by atoms with van der Waals surface area (Å²) in [7, 11) is 1.38. The fourth-order valence-corrected chi connectivity index (χ4v) is 2.00. The number of carboxylic acid groups (broad SMARTS) is 1. The van der Waals surface area contributed by atoms with Gasteiger partial charge >= 0.3 is 5.97 Å². The molecule has 1 aromatic carbocycles. The van der Waals surface area contributed by atoms with E-state index in [0.717, 1.165) is 10.9 Å². The number of hydrogen-bond donors (Lipinski definition) is 2. The molecule has 0 saturated carbocycles. The molecule has 0 spiro atoms. The van der Waals surface area contributed by atoms with Gasteiger partial charge in [0.2, 0.25) is 5.91 Å². The molecule has 0 aliphatic carbocycles. The molecule has 0 aliphatic rings. The molecule has 6 heteroatoms. The number of amides is 1. The van der Waals surface area contributed by atoms with Crippen LogP contribution in [0.2, 0.25) is 0 Å². The van der Waals surface area contributed by atoms with E-state index in [1.165, 1.54) is 7.11 Å². The van der Waals surface area contributed by atoms with Crippen LogP contribution in [0.4, 0.5) is 0 Å². The number of carboxylic acids is 1. The Kier molecular flexibility index (Phi) is 4.84. The zero-order chi connectivity index (χ0) is 15.2. The van der Waals surface area contributed by atoms with Crippen molar-refractivity contribution in [3.8, 4) is 0 Å². The van der Waals surface area contributed by atoms with Crippen LogP contribution in [0.1, 0.15) is 5.69 Å². The second-order valence-corrected chi connectivity index (χ2v) is 4.59. The van der Waals surface area contributed by atoms with Crippen LogP contribution in [0.5, 0.6) is 0 Å². The topological polar surface area (TPSA) is 88.5 Å². The van der Waals surface area contributed by atoms with Crippen LogP contribution in [0.3, 0.4) is 0 Å². The van der Waals surface area contributed by atoms with Crippen LogP contribution in [0, 0.1) is 0 Å². The van der Waals surface area contributed by atoms with E-state index in [1.807, 2.05) is 30.3 Å². The highest BCUT2D eigenvalue weighted by atomic mass is 16.5. The number of pyridine rings is 1. The number of aliphatic carboxylic acids is 1. The van der Waals surface area contributed by atoms with Gasteiger partial charge in [0.05, 0.1) is 5.52 Å². The highest BCUT2D eigenvalue weighted by molar-refractivity contribution is 5.84. The van der Waals surface area contributed by atoms with Gasteiger partial charge in [0, 0.05) is 24.6 Å². The SMILES string of the molecule is COCC(=O)N[C@H](Cc1ccc2ccccc2n1)C(=O)O. The largest absolute Gasteiger partial charge is 0.480 e. The van der Waals surface area contributed by atoms with Crippen molar-refractivity contribution in [2.24, 2.45) is 0 Å². The summed E-state index contributed by atoms with van der Waals surface area (Å²) < 4.78 is 4.67. The first-order valence-electron chi connectivity index (χ1n) is 6.46. The molecular weight excluding hydrogens is 272 g/mol. The van der Waals surface area contributed by atoms with Crippen molar-refractivity contribution in [1.82, 2.24) is 10.3 Å². The zero-order valence-corrected chi connectivity index (χ0v) is 11.6. The van der Waals surface area contributed by atoms with Gasteiger partial charge in [0.1, 0.15) is 12.6 Å². The molecule has 1 atom stereocenters. The van der Waals surface area contributed by atoms with Crippen molar-refractivity contribution < 1.29 is 19.4 Å². The van der Waals surface area contributed by atoms with E-state index in [0.29, 0.717) is 5.69 Å². The number of nitrogens with one attached hydrogen (secondary N) is 1. The van der Waals surface area contributed by atoms with Crippen molar-refractivity contribution in [3.63, 3.8) is 0 Å². The summed E-state index contributed by atoms with van der Waals surface area (Å²) >= 11 is 0. The maximum Gasteiger partial charge on any atom is 0.326 e. The van der Waals surface area contributed by atoms with Gasteiger partial charge in [0.25, 0.3) is 0 Å². The second kappa shape index (κ2) is 6.81. The van der Waals surface area contributed by atoms with Gasteiger partial charge in [0.15, 0.2) is 0 Å². The second-order valence-electron chi connectivity index (χ2n) is 4.59. The lowest BCUT2D eigenvalue weighted by atomic mass is 10.1. The van der Waals surface area contributed by atoms with Gasteiger partial charge in [-0.1, -0.05) is 24.3 Å². The summed E-state index contributed by atoms with van der Waals surface area (Å²) in [6.07, 6.45) is 0.121. The Morgan fingerprint density at radius 1 is 1.29 bits per heavy atom. The number of benzene rings is 1. The summed E-state index contributed by atoms with van der Waals surface area (Å²) in [5, 5.41) is 12.6. The third-order valence-corrected chi connectivity index (χ3v) is 2.98. The quantitative estimate of drug-likeness (QED) is 0.827. The van der Waals surface area contributed by atoms with Crippen molar-refractivity contribution in [2.45, 2.75) is 12.5 Å². The van der Waals surface area contributed by atoms with E-state index in [2.05, 4.69) is 15.0 Å². The molecule has 2 aromatic rings. The predicted octanol–water partition coefficient (Wildman–Crippen LogP) is 0.993. The van der Waals surface area contributed by atoms with Crippen molar-refractivity contribution >= 4 is 22.8 Å². The number of carbonyl (C=O) groups excluding carboxylic acids is 1. The number of methoxy groups -OCH3 is 1. The smallest absolute Gasteiger partial charge is 0.326 e. The number of fused-ring (bicyclic) bond motifs is 1. The summed E-state index contributed by atoms with van der Waals surface area (Å²) in [6, 6.07) is 10.2. The van der Waals surface area contributed by atoms with E-state index in [9.17, 15) is 14.7 Å². The molecule has 21 heavy (non-hydrogen) atoms. The fourth-order valence-electron chi connectivity index (χ4n) is 2.00. The lowest BCUT2D eigenvalue weighted by molar-refractivity contribution is -0.142. The van der Waals surface area contributed by atoms with Crippen molar-refractivity contribution in [3.05, 3.63) is 42.1 Å². The summed E-state index contributed by atoms with van der Waals surface area (Å²) in [5.41, 5.74) is 1.40. The molecule has 2 N–H and O–H groups in total. The predicted molar refractivity (Wildman–Crippen MR) is 76.9 cm³/mol. The van der Waals surface area contributed by atoms with Crippen molar-refractivity contribution in [1.29, 1.82) is 0 Å². The molecule has 0 radical (unpaired) electrons. The summed E-state index contributed by atoms with van der Waals surface area (Å²) in [4.78, 5) is 27.1. The van der Waals surface area contributed by atoms with Gasteiger partial charge in [-0.05, 0) is 12.1 Å². The average molecular weight is 288 g/mol. The van der Waals surface area contributed by atoms with Gasteiger partial charge in [-0.3, -0.25) is 9.78 Å². The Morgan fingerprint density at radius 3 is 2.76 bits per heavy atom. The molecule has 0 fully saturated rings. The lowest BCUT2D eigenvalue weighted by Crippen LogP contribution is -2.43. The average Bonchev–Trinajstić information content (AvgIpc) is 2.46.